The first kappa shape index (κ1) is 22.8. The molecule has 1 aliphatic rings. The molecule has 4 aromatic rings. The zero-order chi connectivity index (χ0) is 24.0. The fourth-order valence-electron chi connectivity index (χ4n) is 4.54. The van der Waals surface area contributed by atoms with Crippen LogP contribution in [0.1, 0.15) is 57.6 Å². The molecule has 1 atom stereocenters. The van der Waals surface area contributed by atoms with Crippen LogP contribution in [0.5, 0.6) is 5.75 Å². The van der Waals surface area contributed by atoms with Crippen LogP contribution < -0.4 is 4.74 Å². The van der Waals surface area contributed by atoms with E-state index in [2.05, 4.69) is 22.1 Å². The monoisotopic (exact) mass is 467 g/mol. The summed E-state index contributed by atoms with van der Waals surface area (Å²) in [4.78, 5) is 24.1. The maximum Gasteiger partial charge on any atom is 0.255 e. The van der Waals surface area contributed by atoms with Crippen molar-refractivity contribution < 1.29 is 13.9 Å². The van der Waals surface area contributed by atoms with Crippen LogP contribution in [0.25, 0.3) is 0 Å². The lowest BCUT2D eigenvalue weighted by atomic mass is 9.97. The normalized spacial score (nSPS) is 15.7. The number of carbonyl (C=O) groups excluding carboxylic acids is 1. The second-order valence-electron chi connectivity index (χ2n) is 8.98. The summed E-state index contributed by atoms with van der Waals surface area (Å²) in [5, 5.41) is 0. The minimum Gasteiger partial charge on any atom is -0.497 e. The van der Waals surface area contributed by atoms with Crippen molar-refractivity contribution in [3.63, 3.8) is 0 Å². The summed E-state index contributed by atoms with van der Waals surface area (Å²) in [6, 6.07) is 22.0. The molecule has 35 heavy (non-hydrogen) atoms. The Morgan fingerprint density at radius 2 is 1.77 bits per heavy atom. The number of rotatable bonds is 7. The van der Waals surface area contributed by atoms with E-state index in [4.69, 9.17) is 9.15 Å². The number of aromatic nitrogens is 2. The zero-order valence-electron chi connectivity index (χ0n) is 19.9. The number of likely N-dealkylation sites (tertiary alicyclic amines) is 1. The quantitative estimate of drug-likeness (QED) is 0.370. The van der Waals surface area contributed by atoms with Crippen molar-refractivity contribution in [2.75, 3.05) is 20.2 Å². The molecule has 2 aromatic carbocycles. The van der Waals surface area contributed by atoms with Crippen LogP contribution in [0.2, 0.25) is 0 Å². The first-order valence-electron chi connectivity index (χ1n) is 12.0. The molecule has 1 aliphatic heterocycles. The Kier molecular flexibility index (Phi) is 6.89. The Morgan fingerprint density at radius 3 is 2.51 bits per heavy atom. The van der Waals surface area contributed by atoms with Gasteiger partial charge in [-0.3, -0.25) is 9.78 Å². The second-order valence-corrected chi connectivity index (χ2v) is 8.98. The number of piperidine rings is 1. The number of amides is 1. The van der Waals surface area contributed by atoms with Gasteiger partial charge in [0.2, 0.25) is 0 Å². The maximum absolute atomic E-state index is 13.2. The van der Waals surface area contributed by atoms with E-state index in [9.17, 15) is 4.79 Å². The number of ether oxygens (including phenoxy) is 1. The predicted octanol–water partition coefficient (Wildman–Crippen LogP) is 5.28. The molecule has 3 heterocycles. The molecule has 0 radical (unpaired) electrons. The van der Waals surface area contributed by atoms with E-state index in [1.807, 2.05) is 59.5 Å². The number of hydrogen-bond donors (Lipinski definition) is 0. The van der Waals surface area contributed by atoms with E-state index in [1.54, 1.807) is 19.5 Å². The smallest absolute Gasteiger partial charge is 0.255 e. The summed E-state index contributed by atoms with van der Waals surface area (Å²) in [7, 11) is 1.66. The van der Waals surface area contributed by atoms with Crippen LogP contribution in [0.15, 0.2) is 83.5 Å². The SMILES string of the molecule is COc1ccc(Cc2cnc(C3CCCN(C(=O)c4ccc(Cc5ccccc5)nc4)C3)o2)cc1. The van der Waals surface area contributed by atoms with Crippen molar-refractivity contribution in [2.24, 2.45) is 0 Å². The van der Waals surface area contributed by atoms with Crippen molar-refractivity contribution in [3.8, 4) is 5.75 Å². The van der Waals surface area contributed by atoms with Crippen LogP contribution in [0, 0.1) is 0 Å². The zero-order valence-corrected chi connectivity index (χ0v) is 19.9. The van der Waals surface area contributed by atoms with Crippen molar-refractivity contribution >= 4 is 5.91 Å². The molecular weight excluding hydrogens is 438 g/mol. The van der Waals surface area contributed by atoms with Gasteiger partial charge in [-0.25, -0.2) is 4.98 Å². The van der Waals surface area contributed by atoms with Gasteiger partial charge in [0, 0.05) is 37.8 Å². The van der Waals surface area contributed by atoms with Gasteiger partial charge < -0.3 is 14.1 Å². The maximum atomic E-state index is 13.2. The topological polar surface area (TPSA) is 68.5 Å². The Bertz CT molecular complexity index is 1250. The summed E-state index contributed by atoms with van der Waals surface area (Å²) in [5.41, 5.74) is 3.91. The van der Waals surface area contributed by atoms with Gasteiger partial charge in [0.1, 0.15) is 11.5 Å². The van der Waals surface area contributed by atoms with Crippen molar-refractivity contribution in [1.82, 2.24) is 14.9 Å². The number of pyridine rings is 1. The fraction of sp³-hybridized carbons (Fsp3) is 0.276. The van der Waals surface area contributed by atoms with Gasteiger partial charge in [-0.1, -0.05) is 42.5 Å². The molecule has 2 aromatic heterocycles. The molecule has 0 spiro atoms. The molecule has 1 unspecified atom stereocenters. The molecule has 178 valence electrons. The number of nitrogens with zero attached hydrogens (tertiary/aromatic N) is 3. The van der Waals surface area contributed by atoms with Crippen LogP contribution in [0.3, 0.4) is 0 Å². The minimum atomic E-state index is 0.0125. The van der Waals surface area contributed by atoms with Crippen molar-refractivity contribution in [3.05, 3.63) is 113 Å². The summed E-state index contributed by atoms with van der Waals surface area (Å²) in [5.74, 6) is 2.48. The summed E-state index contributed by atoms with van der Waals surface area (Å²) in [6.45, 7) is 1.34. The van der Waals surface area contributed by atoms with Crippen LogP contribution >= 0.6 is 0 Å². The van der Waals surface area contributed by atoms with Crippen LogP contribution in [0.4, 0.5) is 0 Å². The Balaban J connectivity index is 1.20. The number of carbonyl (C=O) groups is 1. The highest BCUT2D eigenvalue weighted by Gasteiger charge is 2.28. The van der Waals surface area contributed by atoms with E-state index in [-0.39, 0.29) is 11.8 Å². The Hall–Kier alpha value is -3.93. The molecule has 6 heteroatoms. The molecule has 1 fully saturated rings. The molecule has 1 amide bonds. The van der Waals surface area contributed by atoms with Gasteiger partial charge >= 0.3 is 0 Å². The second kappa shape index (κ2) is 10.6. The third kappa shape index (κ3) is 5.60. The molecule has 5 rings (SSSR count). The van der Waals surface area contributed by atoms with Gasteiger partial charge in [0.25, 0.3) is 5.91 Å². The summed E-state index contributed by atoms with van der Waals surface area (Å²) in [6.07, 6.45) is 6.81. The van der Waals surface area contributed by atoms with Gasteiger partial charge in [-0.2, -0.15) is 0 Å². The van der Waals surface area contributed by atoms with Crippen molar-refractivity contribution in [1.29, 1.82) is 0 Å². The summed E-state index contributed by atoms with van der Waals surface area (Å²) >= 11 is 0. The predicted molar refractivity (Wildman–Crippen MR) is 134 cm³/mol. The van der Waals surface area contributed by atoms with Crippen molar-refractivity contribution in [2.45, 2.75) is 31.6 Å². The lowest BCUT2D eigenvalue weighted by molar-refractivity contribution is 0.0697. The highest BCUT2D eigenvalue weighted by molar-refractivity contribution is 5.94. The van der Waals surface area contributed by atoms with E-state index < -0.39 is 0 Å². The third-order valence-electron chi connectivity index (χ3n) is 6.47. The van der Waals surface area contributed by atoms with E-state index in [0.29, 0.717) is 24.4 Å². The summed E-state index contributed by atoms with van der Waals surface area (Å²) < 4.78 is 11.3. The first-order chi connectivity index (χ1) is 17.2. The van der Waals surface area contributed by atoms with Gasteiger partial charge in [0.05, 0.1) is 24.8 Å². The average Bonchev–Trinajstić information content (AvgIpc) is 3.38. The van der Waals surface area contributed by atoms with E-state index in [0.717, 1.165) is 48.6 Å². The number of methoxy groups -OCH3 is 1. The van der Waals surface area contributed by atoms with E-state index in [1.165, 1.54) is 5.56 Å². The van der Waals surface area contributed by atoms with Gasteiger partial charge in [-0.15, -0.1) is 0 Å². The van der Waals surface area contributed by atoms with Gasteiger partial charge in [0.15, 0.2) is 5.89 Å². The standard InChI is InChI=1S/C29H29N3O3/c1-34-26-13-9-22(10-14-26)17-27-19-31-28(35-27)24-8-5-15-32(20-24)29(33)23-11-12-25(30-18-23)16-21-6-3-2-4-7-21/h2-4,6-7,9-14,18-19,24H,5,8,15-17,20H2,1H3. The molecular formula is C29H29N3O3. The number of hydrogen-bond acceptors (Lipinski definition) is 5. The molecule has 0 aliphatic carbocycles. The van der Waals surface area contributed by atoms with Crippen LogP contribution in [-0.4, -0.2) is 41.0 Å². The Morgan fingerprint density at radius 1 is 0.971 bits per heavy atom. The number of oxazole rings is 1. The fourth-order valence-corrected chi connectivity index (χ4v) is 4.54. The third-order valence-corrected chi connectivity index (χ3v) is 6.47. The average molecular weight is 468 g/mol. The van der Waals surface area contributed by atoms with E-state index >= 15 is 0 Å². The minimum absolute atomic E-state index is 0.0125. The molecule has 1 saturated heterocycles. The molecule has 6 nitrogen and oxygen atoms in total. The highest BCUT2D eigenvalue weighted by Crippen LogP contribution is 2.28. The van der Waals surface area contributed by atoms with Crippen LogP contribution in [-0.2, 0) is 12.8 Å². The number of benzene rings is 2. The Labute approximate surface area is 205 Å². The largest absolute Gasteiger partial charge is 0.497 e. The lowest BCUT2D eigenvalue weighted by Gasteiger charge is -2.31. The molecule has 0 N–H and O–H groups in total. The highest BCUT2D eigenvalue weighted by atomic mass is 16.5. The van der Waals surface area contributed by atoms with Gasteiger partial charge in [-0.05, 0) is 48.2 Å². The molecule has 0 bridgehead atoms. The lowest BCUT2D eigenvalue weighted by Crippen LogP contribution is -2.39. The first-order valence-corrected chi connectivity index (χ1v) is 12.0. The molecule has 0 saturated carbocycles.